The van der Waals surface area contributed by atoms with Crippen molar-refractivity contribution in [1.29, 1.82) is 0 Å². The molecule has 0 saturated carbocycles. The molecule has 0 spiro atoms. The fraction of sp³-hybridized carbons (Fsp3) is 0.375. The first-order valence-corrected chi connectivity index (χ1v) is 11.5. The number of hydrogen-bond acceptors (Lipinski definition) is 6. The second kappa shape index (κ2) is 13.7. The number of aryl methyl sites for hydroxylation is 1. The highest BCUT2D eigenvalue weighted by molar-refractivity contribution is 5.73. The van der Waals surface area contributed by atoms with E-state index in [1.165, 1.54) is 16.8 Å². The van der Waals surface area contributed by atoms with E-state index in [0.717, 1.165) is 31.4 Å². The average Bonchev–Trinajstić information content (AvgIpc) is 3.29. The number of rotatable bonds is 5. The predicted octanol–water partition coefficient (Wildman–Crippen LogP) is 2.94. The third kappa shape index (κ3) is 10.2. The number of halogens is 6. The van der Waals surface area contributed by atoms with Crippen molar-refractivity contribution in [3.05, 3.63) is 81.8 Å². The molecule has 3 aromatic rings. The number of nitrogens with zero attached hydrogens (tertiary/aromatic N) is 4. The number of aromatic nitrogens is 4. The summed E-state index contributed by atoms with van der Waals surface area (Å²) in [5, 5.41) is 22.1. The lowest BCUT2D eigenvalue weighted by Gasteiger charge is -2.27. The van der Waals surface area contributed by atoms with E-state index in [0.29, 0.717) is 12.6 Å². The number of carbonyl (C=O) groups is 2. The summed E-state index contributed by atoms with van der Waals surface area (Å²) < 4.78 is 67.2. The van der Waals surface area contributed by atoms with Crippen molar-refractivity contribution in [3.8, 4) is 0 Å². The number of nitrogens with one attached hydrogen (secondary N) is 1. The Morgan fingerprint density at radius 1 is 1.00 bits per heavy atom. The van der Waals surface area contributed by atoms with Gasteiger partial charge in [-0.1, -0.05) is 6.07 Å². The van der Waals surface area contributed by atoms with E-state index in [1.54, 1.807) is 18.5 Å². The molecule has 3 heterocycles. The number of aliphatic carboxylic acids is 2. The van der Waals surface area contributed by atoms with Crippen LogP contribution in [-0.2, 0) is 42.6 Å². The standard InChI is InChI=1S/C20H23N5O.2C2HF3O2/c1-24-13-16(12-23-24)11-22-18-3-4-19-17(10-18)2-5-20(26)25(19)14-15-6-8-21-9-7-15;2*3-2(4,5)1(6)7/h2,5-9,12-13,18,22H,3-4,10-11,14H2,1H3;2*(H,6,7). The fourth-order valence-corrected chi connectivity index (χ4v) is 3.67. The Balaban J connectivity index is 0.000000333. The third-order valence-corrected chi connectivity index (χ3v) is 5.51. The van der Waals surface area contributed by atoms with Crippen molar-refractivity contribution in [1.82, 2.24) is 24.6 Å². The molecule has 3 N–H and O–H groups in total. The van der Waals surface area contributed by atoms with Crippen LogP contribution in [0.25, 0.3) is 0 Å². The van der Waals surface area contributed by atoms with Crippen LogP contribution in [0.15, 0.2) is 53.8 Å². The number of alkyl halides is 6. The number of hydrogen-bond donors (Lipinski definition) is 3. The molecule has 0 amide bonds. The largest absolute Gasteiger partial charge is 0.490 e. The molecule has 0 bridgehead atoms. The van der Waals surface area contributed by atoms with E-state index in [1.807, 2.05) is 46.9 Å². The topological polar surface area (TPSA) is 139 Å². The van der Waals surface area contributed by atoms with Crippen LogP contribution in [0.5, 0.6) is 0 Å². The molecular weight excluding hydrogens is 552 g/mol. The van der Waals surface area contributed by atoms with Crippen molar-refractivity contribution < 1.29 is 46.1 Å². The maximum atomic E-state index is 12.4. The van der Waals surface area contributed by atoms with Gasteiger partial charge in [0, 0.05) is 55.5 Å². The van der Waals surface area contributed by atoms with E-state index < -0.39 is 24.3 Å². The molecule has 1 unspecified atom stereocenters. The fourth-order valence-electron chi connectivity index (χ4n) is 3.67. The first-order chi connectivity index (χ1) is 18.6. The number of fused-ring (bicyclic) bond motifs is 1. The normalized spacial score (nSPS) is 14.6. The molecule has 1 aliphatic carbocycles. The second-order valence-electron chi connectivity index (χ2n) is 8.53. The molecule has 0 radical (unpaired) electrons. The Labute approximate surface area is 222 Å². The van der Waals surface area contributed by atoms with Crippen LogP contribution in [0.3, 0.4) is 0 Å². The molecule has 0 saturated heterocycles. The zero-order chi connectivity index (χ0) is 30.1. The maximum absolute atomic E-state index is 12.4. The Kier molecular flexibility index (Phi) is 11.0. The average molecular weight is 577 g/mol. The summed E-state index contributed by atoms with van der Waals surface area (Å²) in [6.07, 6.45) is 0.217. The number of pyridine rings is 2. The molecule has 3 aromatic heterocycles. The predicted molar refractivity (Wildman–Crippen MR) is 127 cm³/mol. The van der Waals surface area contributed by atoms with Gasteiger partial charge in [0.2, 0.25) is 0 Å². The van der Waals surface area contributed by atoms with Crippen molar-refractivity contribution in [3.63, 3.8) is 0 Å². The lowest BCUT2D eigenvalue weighted by atomic mass is 9.91. The van der Waals surface area contributed by atoms with Crippen LogP contribution in [0.2, 0.25) is 0 Å². The van der Waals surface area contributed by atoms with Gasteiger partial charge < -0.3 is 20.1 Å². The van der Waals surface area contributed by atoms with Crippen molar-refractivity contribution in [2.45, 2.75) is 50.7 Å². The van der Waals surface area contributed by atoms with Gasteiger partial charge in [0.15, 0.2) is 0 Å². The van der Waals surface area contributed by atoms with Gasteiger partial charge in [0.25, 0.3) is 5.56 Å². The summed E-state index contributed by atoms with van der Waals surface area (Å²) in [7, 11) is 1.93. The number of carboxylic acids is 2. The Morgan fingerprint density at radius 3 is 2.08 bits per heavy atom. The van der Waals surface area contributed by atoms with Gasteiger partial charge in [-0.05, 0) is 42.5 Å². The highest BCUT2D eigenvalue weighted by Crippen LogP contribution is 2.21. The molecule has 1 atom stereocenters. The lowest BCUT2D eigenvalue weighted by molar-refractivity contribution is -0.193. The summed E-state index contributed by atoms with van der Waals surface area (Å²) in [5.74, 6) is -5.51. The summed E-state index contributed by atoms with van der Waals surface area (Å²) in [4.78, 5) is 34.3. The van der Waals surface area contributed by atoms with Crippen LogP contribution in [0.1, 0.15) is 28.8 Å². The molecule has 1 aliphatic rings. The number of carboxylic acid groups (broad SMARTS) is 2. The minimum absolute atomic E-state index is 0.0716. The molecule has 218 valence electrons. The monoisotopic (exact) mass is 577 g/mol. The minimum atomic E-state index is -5.08. The maximum Gasteiger partial charge on any atom is 0.490 e. The highest BCUT2D eigenvalue weighted by atomic mass is 19.4. The van der Waals surface area contributed by atoms with Gasteiger partial charge in [0.05, 0.1) is 12.7 Å². The zero-order valence-corrected chi connectivity index (χ0v) is 20.9. The van der Waals surface area contributed by atoms with E-state index in [4.69, 9.17) is 19.8 Å². The zero-order valence-electron chi connectivity index (χ0n) is 20.9. The molecule has 16 heteroatoms. The molecule has 40 heavy (non-hydrogen) atoms. The third-order valence-electron chi connectivity index (χ3n) is 5.51. The van der Waals surface area contributed by atoms with Crippen LogP contribution in [0, 0.1) is 0 Å². The van der Waals surface area contributed by atoms with E-state index in [-0.39, 0.29) is 5.56 Å². The Bertz CT molecular complexity index is 1310. The molecule has 0 fully saturated rings. The van der Waals surface area contributed by atoms with E-state index in [2.05, 4.69) is 15.4 Å². The van der Waals surface area contributed by atoms with Gasteiger partial charge in [-0.2, -0.15) is 31.4 Å². The molecular formula is C24H25F6N5O5. The van der Waals surface area contributed by atoms with Gasteiger partial charge >= 0.3 is 24.3 Å². The molecule has 0 aromatic carbocycles. The first kappa shape index (κ1) is 32.0. The molecule has 0 aliphatic heterocycles. The van der Waals surface area contributed by atoms with Gasteiger partial charge in [0.1, 0.15) is 0 Å². The van der Waals surface area contributed by atoms with Crippen LogP contribution in [0.4, 0.5) is 26.3 Å². The van der Waals surface area contributed by atoms with Crippen LogP contribution < -0.4 is 10.9 Å². The van der Waals surface area contributed by atoms with Crippen molar-refractivity contribution >= 4 is 11.9 Å². The van der Waals surface area contributed by atoms with E-state index in [9.17, 15) is 31.1 Å². The van der Waals surface area contributed by atoms with Crippen LogP contribution >= 0.6 is 0 Å². The quantitative estimate of drug-likeness (QED) is 0.394. The highest BCUT2D eigenvalue weighted by Gasteiger charge is 2.38. The molecule has 10 nitrogen and oxygen atoms in total. The Morgan fingerprint density at radius 2 is 1.57 bits per heavy atom. The SMILES string of the molecule is Cn1cc(CNC2CCc3c(ccc(=O)n3Cc3ccncc3)C2)cn1.O=C(O)C(F)(F)F.O=C(O)C(F)(F)F. The smallest absolute Gasteiger partial charge is 0.475 e. The van der Waals surface area contributed by atoms with Gasteiger partial charge in [-0.3, -0.25) is 14.5 Å². The lowest BCUT2D eigenvalue weighted by Crippen LogP contribution is -2.37. The Hall–Kier alpha value is -4.21. The van der Waals surface area contributed by atoms with E-state index >= 15 is 0 Å². The summed E-state index contributed by atoms with van der Waals surface area (Å²) >= 11 is 0. The summed E-state index contributed by atoms with van der Waals surface area (Å²) in [6.45, 7) is 1.43. The minimum Gasteiger partial charge on any atom is -0.475 e. The van der Waals surface area contributed by atoms with Crippen LogP contribution in [-0.4, -0.2) is 59.9 Å². The molecule has 4 rings (SSSR count). The second-order valence-corrected chi connectivity index (χ2v) is 8.53. The summed E-state index contributed by atoms with van der Waals surface area (Å²) in [5.41, 5.74) is 4.82. The van der Waals surface area contributed by atoms with Gasteiger partial charge in [-0.15, -0.1) is 0 Å². The van der Waals surface area contributed by atoms with Gasteiger partial charge in [-0.25, -0.2) is 9.59 Å². The van der Waals surface area contributed by atoms with Crippen molar-refractivity contribution in [2.24, 2.45) is 7.05 Å². The first-order valence-electron chi connectivity index (χ1n) is 11.5. The summed E-state index contributed by atoms with van der Waals surface area (Å²) in [6, 6.07) is 8.05. The van der Waals surface area contributed by atoms with Crippen molar-refractivity contribution in [2.75, 3.05) is 0 Å².